The van der Waals surface area contributed by atoms with Crippen LogP contribution < -0.4 is 4.90 Å². The molecule has 0 aromatic carbocycles. The second-order valence-electron chi connectivity index (χ2n) is 10.5. The highest BCUT2D eigenvalue weighted by molar-refractivity contribution is 6.76. The molecule has 1 atom stereocenters. The highest BCUT2D eigenvalue weighted by Gasteiger charge is 2.30. The van der Waals surface area contributed by atoms with Crippen molar-refractivity contribution in [2.45, 2.75) is 58.9 Å². The summed E-state index contributed by atoms with van der Waals surface area (Å²) in [7, 11) is 0.904. The van der Waals surface area contributed by atoms with Gasteiger partial charge in [0.25, 0.3) is 5.69 Å². The molecule has 1 fully saturated rings. The van der Waals surface area contributed by atoms with E-state index < -0.39 is 8.07 Å². The van der Waals surface area contributed by atoms with E-state index in [2.05, 4.69) is 65.4 Å². The first kappa shape index (κ1) is 26.9. The second kappa shape index (κ2) is 11.3. The molecule has 0 spiro atoms. The van der Waals surface area contributed by atoms with Crippen molar-refractivity contribution in [1.29, 1.82) is 0 Å². The van der Waals surface area contributed by atoms with Crippen molar-refractivity contribution in [3.05, 3.63) is 51.5 Å². The zero-order chi connectivity index (χ0) is 25.8. The number of amidine groups is 1. The summed E-state index contributed by atoms with van der Waals surface area (Å²) < 4.78 is 5.99. The Labute approximate surface area is 210 Å². The summed E-state index contributed by atoms with van der Waals surface area (Å²) in [6.07, 6.45) is 6.57. The van der Waals surface area contributed by atoms with Gasteiger partial charge in [-0.2, -0.15) is 0 Å². The molecule has 1 aromatic heterocycles. The number of aryl methyl sites for hydroxylation is 1. The van der Waals surface area contributed by atoms with Gasteiger partial charge in [0, 0.05) is 70.4 Å². The van der Waals surface area contributed by atoms with Gasteiger partial charge in [-0.15, -0.1) is 0 Å². The zero-order valence-corrected chi connectivity index (χ0v) is 23.2. The smallest absolute Gasteiger partial charge is 0.290 e. The van der Waals surface area contributed by atoms with Crippen molar-refractivity contribution < 1.29 is 9.66 Å². The van der Waals surface area contributed by atoms with E-state index in [4.69, 9.17) is 9.73 Å². The number of pyridine rings is 1. The van der Waals surface area contributed by atoms with Crippen LogP contribution in [0.4, 0.5) is 11.5 Å². The number of likely N-dealkylation sites (tertiary alicyclic amines) is 1. The Bertz CT molecular complexity index is 1020. The third-order valence-corrected chi connectivity index (χ3v) is 8.37. The van der Waals surface area contributed by atoms with Crippen molar-refractivity contribution in [1.82, 2.24) is 14.8 Å². The highest BCUT2D eigenvalue weighted by Crippen LogP contribution is 2.28. The Kier molecular flexibility index (Phi) is 8.71. The maximum Gasteiger partial charge on any atom is 0.290 e. The minimum absolute atomic E-state index is 0.0561. The molecule has 192 valence electrons. The van der Waals surface area contributed by atoms with Crippen molar-refractivity contribution in [2.75, 3.05) is 44.9 Å². The van der Waals surface area contributed by atoms with E-state index in [0.29, 0.717) is 12.3 Å². The first-order chi connectivity index (χ1) is 16.5. The summed E-state index contributed by atoms with van der Waals surface area (Å²) in [6.45, 7) is 16.9. The lowest BCUT2D eigenvalue weighted by Crippen LogP contribution is -2.35. The maximum atomic E-state index is 11.1. The Hall–Kier alpha value is -2.72. The normalized spacial score (nSPS) is 20.8. The van der Waals surface area contributed by atoms with Gasteiger partial charge in [0.2, 0.25) is 0 Å². The van der Waals surface area contributed by atoms with E-state index in [1.54, 1.807) is 13.0 Å². The van der Waals surface area contributed by atoms with Gasteiger partial charge < -0.3 is 19.4 Å². The summed E-state index contributed by atoms with van der Waals surface area (Å²) in [6, 6.07) is 3.23. The quantitative estimate of drug-likeness (QED) is 0.200. The largest absolute Gasteiger partial charge is 0.372 e. The van der Waals surface area contributed by atoms with E-state index >= 15 is 0 Å². The predicted molar refractivity (Wildman–Crippen MR) is 145 cm³/mol. The van der Waals surface area contributed by atoms with Crippen molar-refractivity contribution in [3.63, 3.8) is 0 Å². The zero-order valence-electron chi connectivity index (χ0n) is 22.2. The number of hydrogen-bond acceptors (Lipinski definition) is 7. The summed E-state index contributed by atoms with van der Waals surface area (Å²) in [5, 5.41) is 11.1. The highest BCUT2D eigenvalue weighted by atomic mass is 28.3. The van der Waals surface area contributed by atoms with Gasteiger partial charge in [0.1, 0.15) is 24.6 Å². The molecule has 0 saturated carbocycles. The van der Waals surface area contributed by atoms with Gasteiger partial charge in [-0.3, -0.25) is 15.1 Å². The van der Waals surface area contributed by atoms with E-state index in [1.165, 1.54) is 11.9 Å². The predicted octanol–water partition coefficient (Wildman–Crippen LogP) is 4.64. The molecular formula is C25H40N6O3Si. The van der Waals surface area contributed by atoms with Crippen LogP contribution in [0, 0.1) is 17.0 Å². The van der Waals surface area contributed by atoms with Crippen LogP contribution in [0.25, 0.3) is 0 Å². The first-order valence-corrected chi connectivity index (χ1v) is 16.1. The molecule has 0 unspecified atom stereocenters. The Balaban J connectivity index is 1.67. The molecule has 0 amide bonds. The van der Waals surface area contributed by atoms with Gasteiger partial charge in [0.15, 0.2) is 0 Å². The fourth-order valence-electron chi connectivity index (χ4n) is 4.36. The van der Waals surface area contributed by atoms with Crippen LogP contribution in [0.5, 0.6) is 0 Å². The molecule has 1 aromatic rings. The third kappa shape index (κ3) is 6.70. The van der Waals surface area contributed by atoms with Crippen LogP contribution in [0.15, 0.2) is 40.8 Å². The molecule has 0 bridgehead atoms. The van der Waals surface area contributed by atoms with E-state index in [0.717, 1.165) is 55.9 Å². The van der Waals surface area contributed by atoms with Gasteiger partial charge in [-0.1, -0.05) is 19.6 Å². The van der Waals surface area contributed by atoms with Crippen LogP contribution in [-0.4, -0.2) is 79.7 Å². The first-order valence-electron chi connectivity index (χ1n) is 12.4. The van der Waals surface area contributed by atoms with Gasteiger partial charge >= 0.3 is 0 Å². The third-order valence-electron chi connectivity index (χ3n) is 6.67. The molecule has 35 heavy (non-hydrogen) atoms. The molecule has 10 heteroatoms. The number of ether oxygens (including phenoxy) is 1. The SMILES string of the molecule is CCN=C1/C(=C(\C)N2CC[C@@H](N(C)c3cc(C)c([N+](=O)[O-])cn3)C2)C=CN1COCC[Si](C)(C)C. The topological polar surface area (TPSA) is 87.3 Å². The number of anilines is 1. The number of hydrogen-bond donors (Lipinski definition) is 0. The molecular weight excluding hydrogens is 460 g/mol. The standard InChI is InChI=1S/C25H40N6O3Si/c1-8-26-25-22(10-12-30(25)18-34-13-14-35(5,6)7)20(3)29-11-9-21(17-29)28(4)24-15-19(2)23(16-27-24)31(32)33/h10,12,15-16,21H,8-9,11,13-14,17-18H2,1-7H3/b22-20+,26-25?/t21-/m1/s1. The average Bonchev–Trinajstić information content (AvgIpc) is 3.43. The van der Waals surface area contributed by atoms with Crippen molar-refractivity contribution in [2.24, 2.45) is 4.99 Å². The Morgan fingerprint density at radius 3 is 2.77 bits per heavy atom. The van der Waals surface area contributed by atoms with Gasteiger partial charge in [-0.05, 0) is 45.4 Å². The minimum Gasteiger partial charge on any atom is -0.372 e. The number of aromatic nitrogens is 1. The van der Waals surface area contributed by atoms with Crippen molar-refractivity contribution in [3.8, 4) is 0 Å². The van der Waals surface area contributed by atoms with E-state index in [-0.39, 0.29) is 16.7 Å². The summed E-state index contributed by atoms with van der Waals surface area (Å²) in [5.74, 6) is 1.74. The minimum atomic E-state index is -1.11. The maximum absolute atomic E-state index is 11.1. The van der Waals surface area contributed by atoms with Crippen molar-refractivity contribution >= 4 is 25.4 Å². The monoisotopic (exact) mass is 500 g/mol. The fraction of sp³-hybridized carbons (Fsp3) is 0.600. The molecule has 2 aliphatic heterocycles. The molecule has 3 rings (SSSR count). The molecule has 3 heterocycles. The van der Waals surface area contributed by atoms with Crippen LogP contribution in [0.2, 0.25) is 25.7 Å². The molecule has 2 aliphatic rings. The van der Waals surface area contributed by atoms with Crippen LogP contribution in [0.3, 0.4) is 0 Å². The number of likely N-dealkylation sites (N-methyl/N-ethyl adjacent to an activating group) is 1. The number of aliphatic imine (C=N–C) groups is 1. The molecule has 1 saturated heterocycles. The summed E-state index contributed by atoms with van der Waals surface area (Å²) in [5.41, 5.74) is 3.04. The lowest BCUT2D eigenvalue weighted by atomic mass is 10.2. The summed E-state index contributed by atoms with van der Waals surface area (Å²) in [4.78, 5) is 26.5. The van der Waals surface area contributed by atoms with E-state index in [9.17, 15) is 10.1 Å². The fourth-order valence-corrected chi connectivity index (χ4v) is 5.11. The summed E-state index contributed by atoms with van der Waals surface area (Å²) >= 11 is 0. The van der Waals surface area contributed by atoms with Crippen LogP contribution in [0.1, 0.15) is 25.8 Å². The molecule has 9 nitrogen and oxygen atoms in total. The van der Waals surface area contributed by atoms with Gasteiger partial charge in [-0.25, -0.2) is 4.98 Å². The molecule has 0 aliphatic carbocycles. The number of allylic oxidation sites excluding steroid dienone is 1. The number of nitro groups is 1. The number of rotatable bonds is 10. The van der Waals surface area contributed by atoms with Crippen LogP contribution >= 0.6 is 0 Å². The van der Waals surface area contributed by atoms with E-state index in [1.807, 2.05) is 7.05 Å². The lowest BCUT2D eigenvalue weighted by molar-refractivity contribution is -0.385. The Morgan fingerprint density at radius 1 is 1.40 bits per heavy atom. The number of nitrogens with zero attached hydrogens (tertiary/aromatic N) is 6. The Morgan fingerprint density at radius 2 is 2.14 bits per heavy atom. The van der Waals surface area contributed by atoms with Gasteiger partial charge in [0.05, 0.1) is 4.92 Å². The lowest BCUT2D eigenvalue weighted by Gasteiger charge is -2.27. The average molecular weight is 501 g/mol. The van der Waals surface area contributed by atoms with Crippen LogP contribution in [-0.2, 0) is 4.74 Å². The molecule has 0 N–H and O–H groups in total. The second-order valence-corrected chi connectivity index (χ2v) is 16.1. The molecule has 0 radical (unpaired) electrons.